The van der Waals surface area contributed by atoms with Gasteiger partial charge in [0.05, 0.1) is 16.8 Å². The predicted octanol–water partition coefficient (Wildman–Crippen LogP) is 8.26. The van der Waals surface area contributed by atoms with Crippen LogP contribution < -0.4 is 5.32 Å². The van der Waals surface area contributed by atoms with Crippen molar-refractivity contribution in [3.05, 3.63) is 83.0 Å². The first-order chi connectivity index (χ1) is 17.7. The SMILES string of the molecule is CC1CCCN(Cc2cc(-c3ccc(Cl)cc3)cc(Nc3ccnc4cc(C(F)(F)F)ccc34)c2O)C1. The van der Waals surface area contributed by atoms with Crippen molar-refractivity contribution in [3.8, 4) is 16.9 Å². The Morgan fingerprint density at radius 2 is 1.81 bits per heavy atom. The third kappa shape index (κ3) is 5.68. The number of fused-ring (bicyclic) bond motifs is 1. The molecule has 4 nitrogen and oxygen atoms in total. The Balaban J connectivity index is 1.56. The molecular formula is C29H27ClF3N3O. The van der Waals surface area contributed by atoms with Gasteiger partial charge in [-0.3, -0.25) is 9.88 Å². The Morgan fingerprint density at radius 1 is 1.03 bits per heavy atom. The number of benzene rings is 3. The molecule has 37 heavy (non-hydrogen) atoms. The van der Waals surface area contributed by atoms with Gasteiger partial charge in [-0.05, 0) is 78.9 Å². The molecular weight excluding hydrogens is 499 g/mol. The van der Waals surface area contributed by atoms with Gasteiger partial charge in [-0.2, -0.15) is 13.2 Å². The fourth-order valence-electron chi connectivity index (χ4n) is 4.97. The van der Waals surface area contributed by atoms with E-state index < -0.39 is 11.7 Å². The number of alkyl halides is 3. The molecule has 1 atom stereocenters. The number of nitrogens with one attached hydrogen (secondary N) is 1. The molecule has 1 unspecified atom stereocenters. The summed E-state index contributed by atoms with van der Waals surface area (Å²) in [5.41, 5.74) is 3.11. The minimum absolute atomic E-state index is 0.118. The lowest BCUT2D eigenvalue weighted by atomic mass is 9.97. The average Bonchev–Trinajstić information content (AvgIpc) is 2.86. The molecule has 2 heterocycles. The number of rotatable bonds is 5. The summed E-state index contributed by atoms with van der Waals surface area (Å²) in [6, 6.07) is 16.5. The molecule has 0 aliphatic carbocycles. The number of pyridine rings is 1. The minimum Gasteiger partial charge on any atom is -0.505 e. The maximum absolute atomic E-state index is 13.2. The highest BCUT2D eigenvalue weighted by molar-refractivity contribution is 6.30. The Kier molecular flexibility index (Phi) is 7.01. The van der Waals surface area contributed by atoms with Crippen molar-refractivity contribution in [2.24, 2.45) is 5.92 Å². The van der Waals surface area contributed by atoms with Gasteiger partial charge in [-0.1, -0.05) is 36.7 Å². The number of likely N-dealkylation sites (tertiary alicyclic amines) is 1. The Labute approximate surface area is 218 Å². The summed E-state index contributed by atoms with van der Waals surface area (Å²) >= 11 is 6.10. The molecule has 1 saturated heterocycles. The average molecular weight is 526 g/mol. The van der Waals surface area contributed by atoms with E-state index in [1.165, 1.54) is 18.7 Å². The van der Waals surface area contributed by atoms with Crippen LogP contribution in [0.25, 0.3) is 22.0 Å². The maximum Gasteiger partial charge on any atom is 0.416 e. The smallest absolute Gasteiger partial charge is 0.416 e. The summed E-state index contributed by atoms with van der Waals surface area (Å²) in [7, 11) is 0. The van der Waals surface area contributed by atoms with Gasteiger partial charge >= 0.3 is 6.18 Å². The molecule has 8 heteroatoms. The molecule has 1 aliphatic rings. The van der Waals surface area contributed by atoms with E-state index in [2.05, 4.69) is 22.1 Å². The van der Waals surface area contributed by atoms with E-state index in [1.807, 2.05) is 36.4 Å². The normalized spacial score (nSPS) is 16.7. The van der Waals surface area contributed by atoms with Crippen LogP contribution in [0.3, 0.4) is 0 Å². The molecule has 1 aliphatic heterocycles. The number of nitrogens with zero attached hydrogens (tertiary/aromatic N) is 2. The summed E-state index contributed by atoms with van der Waals surface area (Å²) < 4.78 is 39.7. The number of aromatic hydroxyl groups is 1. The van der Waals surface area contributed by atoms with Crippen molar-refractivity contribution in [2.45, 2.75) is 32.5 Å². The Bertz CT molecular complexity index is 1420. The molecule has 1 aromatic heterocycles. The predicted molar refractivity (Wildman–Crippen MR) is 142 cm³/mol. The van der Waals surface area contributed by atoms with Crippen LogP contribution >= 0.6 is 11.6 Å². The zero-order valence-corrected chi connectivity index (χ0v) is 21.1. The Hall–Kier alpha value is -3.29. The number of aromatic nitrogens is 1. The summed E-state index contributed by atoms with van der Waals surface area (Å²) in [6.45, 7) is 4.76. The van der Waals surface area contributed by atoms with Crippen LogP contribution in [0.5, 0.6) is 5.75 Å². The fraction of sp³-hybridized carbons (Fsp3) is 0.276. The molecule has 3 aromatic carbocycles. The molecule has 5 rings (SSSR count). The van der Waals surface area contributed by atoms with E-state index in [9.17, 15) is 18.3 Å². The quantitative estimate of drug-likeness (QED) is 0.257. The van der Waals surface area contributed by atoms with Crippen LogP contribution in [0, 0.1) is 5.92 Å². The van der Waals surface area contributed by atoms with Crippen LogP contribution in [0.4, 0.5) is 24.5 Å². The van der Waals surface area contributed by atoms with Crippen LogP contribution in [0.1, 0.15) is 30.9 Å². The van der Waals surface area contributed by atoms with E-state index >= 15 is 0 Å². The molecule has 1 fully saturated rings. The highest BCUT2D eigenvalue weighted by atomic mass is 35.5. The van der Waals surface area contributed by atoms with E-state index in [0.717, 1.165) is 48.3 Å². The first-order valence-electron chi connectivity index (χ1n) is 12.2. The molecule has 2 N–H and O–H groups in total. The van der Waals surface area contributed by atoms with Crippen molar-refractivity contribution in [1.82, 2.24) is 9.88 Å². The number of anilines is 2. The number of phenols is 1. The van der Waals surface area contributed by atoms with Crippen molar-refractivity contribution in [1.29, 1.82) is 0 Å². The van der Waals surface area contributed by atoms with Crippen LogP contribution in [-0.2, 0) is 12.7 Å². The summed E-state index contributed by atoms with van der Waals surface area (Å²) in [4.78, 5) is 6.48. The lowest BCUT2D eigenvalue weighted by molar-refractivity contribution is -0.137. The van der Waals surface area contributed by atoms with Gasteiger partial charge in [-0.25, -0.2) is 0 Å². The second-order valence-electron chi connectivity index (χ2n) is 9.73. The summed E-state index contributed by atoms with van der Waals surface area (Å²) in [5.74, 6) is 0.713. The first-order valence-corrected chi connectivity index (χ1v) is 12.6. The van der Waals surface area contributed by atoms with Gasteiger partial charge in [0.2, 0.25) is 0 Å². The second kappa shape index (κ2) is 10.2. The lowest BCUT2D eigenvalue weighted by Crippen LogP contribution is -2.33. The van der Waals surface area contributed by atoms with Gasteiger partial charge in [0.1, 0.15) is 5.75 Å². The zero-order chi connectivity index (χ0) is 26.2. The van der Waals surface area contributed by atoms with Gasteiger partial charge in [0, 0.05) is 40.9 Å². The molecule has 0 amide bonds. The minimum atomic E-state index is -4.45. The van der Waals surface area contributed by atoms with Crippen LogP contribution in [0.2, 0.25) is 5.02 Å². The molecule has 192 valence electrons. The Morgan fingerprint density at radius 3 is 2.54 bits per heavy atom. The number of piperidine rings is 1. The molecule has 0 bridgehead atoms. The first kappa shape index (κ1) is 25.4. The van der Waals surface area contributed by atoms with Gasteiger partial charge in [0.15, 0.2) is 0 Å². The third-order valence-corrected chi connectivity index (χ3v) is 7.09. The summed E-state index contributed by atoms with van der Waals surface area (Å²) in [5, 5.41) is 15.7. The number of halogens is 4. The standard InChI is InChI=1S/C29H27ClF3N3O/c1-18-3-2-12-36(16-18)17-21-13-20(19-4-7-23(30)8-5-19)14-27(28(21)37)35-25-10-11-34-26-15-22(29(31,32)33)6-9-24(25)26/h4-11,13-15,18,37H,2-3,12,16-17H2,1H3,(H,34,35). The van der Waals surface area contributed by atoms with E-state index in [4.69, 9.17) is 11.6 Å². The van der Waals surface area contributed by atoms with Crippen molar-refractivity contribution >= 4 is 33.9 Å². The zero-order valence-electron chi connectivity index (χ0n) is 20.3. The highest BCUT2D eigenvalue weighted by Crippen LogP contribution is 2.39. The molecule has 0 radical (unpaired) electrons. The van der Waals surface area contributed by atoms with Gasteiger partial charge < -0.3 is 10.4 Å². The monoisotopic (exact) mass is 525 g/mol. The number of hydrogen-bond acceptors (Lipinski definition) is 4. The van der Waals surface area contributed by atoms with E-state index in [-0.39, 0.29) is 11.3 Å². The topological polar surface area (TPSA) is 48.4 Å². The second-order valence-corrected chi connectivity index (χ2v) is 10.2. The highest BCUT2D eigenvalue weighted by Gasteiger charge is 2.30. The summed E-state index contributed by atoms with van der Waals surface area (Å²) in [6.07, 6.45) is -0.676. The number of phenolic OH excluding ortho intramolecular Hbond substituents is 1. The van der Waals surface area contributed by atoms with E-state index in [1.54, 1.807) is 6.07 Å². The van der Waals surface area contributed by atoms with Crippen molar-refractivity contribution in [2.75, 3.05) is 18.4 Å². The number of hydrogen-bond donors (Lipinski definition) is 2. The fourth-order valence-corrected chi connectivity index (χ4v) is 5.10. The molecule has 0 spiro atoms. The van der Waals surface area contributed by atoms with Crippen LogP contribution in [0.15, 0.2) is 66.9 Å². The maximum atomic E-state index is 13.2. The van der Waals surface area contributed by atoms with Crippen LogP contribution in [-0.4, -0.2) is 28.1 Å². The van der Waals surface area contributed by atoms with Crippen molar-refractivity contribution in [3.63, 3.8) is 0 Å². The third-order valence-electron chi connectivity index (χ3n) is 6.84. The largest absolute Gasteiger partial charge is 0.505 e. The van der Waals surface area contributed by atoms with Crippen molar-refractivity contribution < 1.29 is 18.3 Å². The molecule has 0 saturated carbocycles. The molecule has 4 aromatic rings. The lowest BCUT2D eigenvalue weighted by Gasteiger charge is -2.31. The van der Waals surface area contributed by atoms with Gasteiger partial charge in [0.25, 0.3) is 0 Å². The van der Waals surface area contributed by atoms with E-state index in [0.29, 0.717) is 34.2 Å². The van der Waals surface area contributed by atoms with Gasteiger partial charge in [-0.15, -0.1) is 0 Å².